The lowest BCUT2D eigenvalue weighted by Gasteiger charge is -2.12. The van der Waals surface area contributed by atoms with Crippen LogP contribution in [0.1, 0.15) is 45.2 Å². The molecule has 0 spiro atoms. The van der Waals surface area contributed by atoms with Gasteiger partial charge in [-0.2, -0.15) is 0 Å². The van der Waals surface area contributed by atoms with Gasteiger partial charge in [-0.15, -0.1) is 11.8 Å². The third kappa shape index (κ3) is 4.18. The Kier molecular flexibility index (Phi) is 5.93. The van der Waals surface area contributed by atoms with Crippen LogP contribution >= 0.6 is 11.8 Å². The molecule has 1 aromatic rings. The van der Waals surface area contributed by atoms with Crippen molar-refractivity contribution in [1.29, 1.82) is 0 Å². The van der Waals surface area contributed by atoms with E-state index in [0.29, 0.717) is 0 Å². The molecular formula is C14H23NS. The predicted molar refractivity (Wildman–Crippen MR) is 73.8 cm³/mol. The Hall–Kier alpha value is -0.470. The molecule has 0 bridgehead atoms. The first-order valence-electron chi connectivity index (χ1n) is 6.15. The van der Waals surface area contributed by atoms with Crippen LogP contribution in [0.5, 0.6) is 0 Å². The van der Waals surface area contributed by atoms with Crippen LogP contribution < -0.4 is 5.73 Å². The van der Waals surface area contributed by atoms with Crippen molar-refractivity contribution < 1.29 is 0 Å². The van der Waals surface area contributed by atoms with Gasteiger partial charge in [-0.1, -0.05) is 38.8 Å². The van der Waals surface area contributed by atoms with Crippen LogP contribution in [0.2, 0.25) is 0 Å². The van der Waals surface area contributed by atoms with E-state index in [2.05, 4.69) is 38.1 Å². The monoisotopic (exact) mass is 237 g/mol. The average molecular weight is 237 g/mol. The molecule has 1 aromatic carbocycles. The molecule has 16 heavy (non-hydrogen) atoms. The minimum absolute atomic E-state index is 0.133. The summed E-state index contributed by atoms with van der Waals surface area (Å²) in [4.78, 5) is 1.35. The fourth-order valence-corrected chi connectivity index (χ4v) is 2.92. The fourth-order valence-electron chi connectivity index (χ4n) is 1.63. The third-order valence-electron chi connectivity index (χ3n) is 3.02. The molecule has 1 unspecified atom stereocenters. The molecule has 0 radical (unpaired) electrons. The van der Waals surface area contributed by atoms with Crippen LogP contribution in [0.25, 0.3) is 0 Å². The Labute approximate surface area is 104 Å². The van der Waals surface area contributed by atoms with Crippen molar-refractivity contribution in [3.8, 4) is 0 Å². The summed E-state index contributed by atoms with van der Waals surface area (Å²) in [5.41, 5.74) is 7.11. The van der Waals surface area contributed by atoms with Crippen LogP contribution in [-0.2, 0) is 0 Å². The number of rotatable bonds is 6. The first-order valence-corrected chi connectivity index (χ1v) is 7.14. The lowest BCUT2D eigenvalue weighted by atomic mass is 10.1. The van der Waals surface area contributed by atoms with Crippen LogP contribution in [-0.4, -0.2) is 5.75 Å². The summed E-state index contributed by atoms with van der Waals surface area (Å²) in [6, 6.07) is 8.74. The van der Waals surface area contributed by atoms with Crippen LogP contribution in [0.15, 0.2) is 29.2 Å². The van der Waals surface area contributed by atoms with Gasteiger partial charge in [0.05, 0.1) is 0 Å². The van der Waals surface area contributed by atoms with E-state index in [4.69, 9.17) is 5.73 Å². The first kappa shape index (κ1) is 13.6. The summed E-state index contributed by atoms with van der Waals surface area (Å²) in [5, 5.41) is 0. The molecule has 2 heteroatoms. The van der Waals surface area contributed by atoms with Gasteiger partial charge in [0.25, 0.3) is 0 Å². The molecule has 1 atom stereocenters. The zero-order chi connectivity index (χ0) is 12.0. The van der Waals surface area contributed by atoms with Gasteiger partial charge in [0.1, 0.15) is 0 Å². The summed E-state index contributed by atoms with van der Waals surface area (Å²) in [6.45, 7) is 6.57. The summed E-state index contributed by atoms with van der Waals surface area (Å²) in [6.07, 6.45) is 2.55. The van der Waals surface area contributed by atoms with Gasteiger partial charge in [-0.3, -0.25) is 0 Å². The van der Waals surface area contributed by atoms with Crippen molar-refractivity contribution in [2.75, 3.05) is 5.75 Å². The SMILES string of the molecule is CCC(CC)CSc1cccc(C(C)N)c1. The number of hydrogen-bond acceptors (Lipinski definition) is 2. The van der Waals surface area contributed by atoms with E-state index >= 15 is 0 Å². The quantitative estimate of drug-likeness (QED) is 0.749. The number of hydrogen-bond donors (Lipinski definition) is 1. The number of thioether (sulfide) groups is 1. The summed E-state index contributed by atoms with van der Waals surface area (Å²) >= 11 is 1.95. The van der Waals surface area contributed by atoms with Crippen molar-refractivity contribution in [3.63, 3.8) is 0 Å². The van der Waals surface area contributed by atoms with Gasteiger partial charge >= 0.3 is 0 Å². The van der Waals surface area contributed by atoms with Crippen molar-refractivity contribution >= 4 is 11.8 Å². The summed E-state index contributed by atoms with van der Waals surface area (Å²) < 4.78 is 0. The molecular weight excluding hydrogens is 214 g/mol. The molecule has 90 valence electrons. The van der Waals surface area contributed by atoms with Gasteiger partial charge in [0.2, 0.25) is 0 Å². The van der Waals surface area contributed by atoms with Crippen LogP contribution in [0.4, 0.5) is 0 Å². The van der Waals surface area contributed by atoms with E-state index in [0.717, 1.165) is 5.92 Å². The average Bonchev–Trinajstić information content (AvgIpc) is 2.31. The van der Waals surface area contributed by atoms with Crippen molar-refractivity contribution in [2.45, 2.75) is 44.6 Å². The van der Waals surface area contributed by atoms with Gasteiger partial charge in [-0.05, 0) is 30.5 Å². The maximum atomic E-state index is 5.88. The zero-order valence-electron chi connectivity index (χ0n) is 10.6. The minimum Gasteiger partial charge on any atom is -0.324 e. The van der Waals surface area contributed by atoms with E-state index in [1.54, 1.807) is 0 Å². The van der Waals surface area contributed by atoms with Gasteiger partial charge in [0.15, 0.2) is 0 Å². The second kappa shape index (κ2) is 6.97. The molecule has 0 amide bonds. The largest absolute Gasteiger partial charge is 0.324 e. The second-order valence-electron chi connectivity index (χ2n) is 4.35. The second-order valence-corrected chi connectivity index (χ2v) is 5.45. The normalized spacial score (nSPS) is 13.1. The minimum atomic E-state index is 0.133. The lowest BCUT2D eigenvalue weighted by molar-refractivity contribution is 0.554. The Morgan fingerprint density at radius 1 is 1.25 bits per heavy atom. The molecule has 2 N–H and O–H groups in total. The van der Waals surface area contributed by atoms with Crippen LogP contribution in [0.3, 0.4) is 0 Å². The summed E-state index contributed by atoms with van der Waals surface area (Å²) in [7, 11) is 0. The van der Waals surface area contributed by atoms with E-state index < -0.39 is 0 Å². The van der Waals surface area contributed by atoms with E-state index in [9.17, 15) is 0 Å². The highest BCUT2D eigenvalue weighted by atomic mass is 32.2. The molecule has 0 aliphatic heterocycles. The van der Waals surface area contributed by atoms with Gasteiger partial charge in [0, 0.05) is 16.7 Å². The maximum Gasteiger partial charge on any atom is 0.0266 e. The molecule has 0 saturated carbocycles. The Morgan fingerprint density at radius 3 is 2.50 bits per heavy atom. The highest BCUT2D eigenvalue weighted by Gasteiger charge is 2.05. The molecule has 0 fully saturated rings. The van der Waals surface area contributed by atoms with Gasteiger partial charge < -0.3 is 5.73 Å². The van der Waals surface area contributed by atoms with E-state index in [-0.39, 0.29) is 6.04 Å². The third-order valence-corrected chi connectivity index (χ3v) is 4.25. The van der Waals surface area contributed by atoms with Crippen molar-refractivity contribution in [3.05, 3.63) is 29.8 Å². The smallest absolute Gasteiger partial charge is 0.0266 e. The molecule has 0 aliphatic carbocycles. The van der Waals surface area contributed by atoms with E-state index in [1.165, 1.54) is 29.1 Å². The number of nitrogens with two attached hydrogens (primary N) is 1. The van der Waals surface area contributed by atoms with Crippen molar-refractivity contribution in [1.82, 2.24) is 0 Å². The molecule has 0 aliphatic rings. The topological polar surface area (TPSA) is 26.0 Å². The van der Waals surface area contributed by atoms with E-state index in [1.807, 2.05) is 18.7 Å². The Balaban J connectivity index is 2.56. The molecule has 0 heterocycles. The molecule has 1 rings (SSSR count). The van der Waals surface area contributed by atoms with Crippen LogP contribution in [0, 0.1) is 5.92 Å². The fraction of sp³-hybridized carbons (Fsp3) is 0.571. The molecule has 0 aromatic heterocycles. The highest BCUT2D eigenvalue weighted by Crippen LogP contribution is 2.25. The highest BCUT2D eigenvalue weighted by molar-refractivity contribution is 7.99. The standard InChI is InChI=1S/C14H23NS/c1-4-12(5-2)10-16-14-8-6-7-13(9-14)11(3)15/h6-9,11-12H,4-5,10,15H2,1-3H3. The Bertz CT molecular complexity index is 305. The first-order chi connectivity index (χ1) is 7.67. The molecule has 0 saturated heterocycles. The lowest BCUT2D eigenvalue weighted by Crippen LogP contribution is -2.04. The maximum absolute atomic E-state index is 5.88. The summed E-state index contributed by atoms with van der Waals surface area (Å²) in [5.74, 6) is 2.05. The number of benzene rings is 1. The molecule has 1 nitrogen and oxygen atoms in total. The predicted octanol–water partition coefficient (Wildman–Crippen LogP) is 4.23. The van der Waals surface area contributed by atoms with Gasteiger partial charge in [-0.25, -0.2) is 0 Å². The zero-order valence-corrected chi connectivity index (χ0v) is 11.4. The van der Waals surface area contributed by atoms with Crippen molar-refractivity contribution in [2.24, 2.45) is 11.7 Å². The Morgan fingerprint density at radius 2 is 1.94 bits per heavy atom.